The van der Waals surface area contributed by atoms with Gasteiger partial charge in [-0.25, -0.2) is 18.4 Å². The molecule has 0 radical (unpaired) electrons. The molecule has 29 heavy (non-hydrogen) atoms. The van der Waals surface area contributed by atoms with Gasteiger partial charge < -0.3 is 19.9 Å². The first-order valence-electron chi connectivity index (χ1n) is 8.95. The van der Waals surface area contributed by atoms with E-state index in [0.717, 1.165) is 12.1 Å². The van der Waals surface area contributed by atoms with Gasteiger partial charge in [-0.3, -0.25) is 4.79 Å². The van der Waals surface area contributed by atoms with Crippen molar-refractivity contribution in [3.63, 3.8) is 0 Å². The van der Waals surface area contributed by atoms with Gasteiger partial charge in [-0.1, -0.05) is 18.2 Å². The van der Waals surface area contributed by atoms with E-state index < -0.39 is 30.1 Å². The van der Waals surface area contributed by atoms with Crippen LogP contribution in [-0.2, 0) is 9.53 Å². The molecule has 2 aromatic rings. The van der Waals surface area contributed by atoms with E-state index >= 15 is 0 Å². The van der Waals surface area contributed by atoms with E-state index in [-0.39, 0.29) is 11.6 Å². The predicted octanol–water partition coefficient (Wildman–Crippen LogP) is 2.50. The third-order valence-electron chi connectivity index (χ3n) is 4.43. The number of urea groups is 1. The molecule has 0 atom stereocenters. The van der Waals surface area contributed by atoms with Crippen LogP contribution in [0.1, 0.15) is 10.4 Å². The lowest BCUT2D eigenvalue weighted by Crippen LogP contribution is -2.52. The minimum Gasteiger partial charge on any atom is -0.452 e. The van der Waals surface area contributed by atoms with Gasteiger partial charge in [-0.05, 0) is 30.3 Å². The number of ether oxygens (including phenoxy) is 1. The van der Waals surface area contributed by atoms with Crippen molar-refractivity contribution in [3.8, 4) is 0 Å². The van der Waals surface area contributed by atoms with Crippen molar-refractivity contribution < 1.29 is 27.9 Å². The minimum absolute atomic E-state index is 0.181. The van der Waals surface area contributed by atoms with Gasteiger partial charge in [-0.2, -0.15) is 0 Å². The summed E-state index contributed by atoms with van der Waals surface area (Å²) in [6.07, 6.45) is 0. The summed E-state index contributed by atoms with van der Waals surface area (Å²) in [5, 5.41) is 2.78. The molecule has 0 aromatic heterocycles. The largest absolute Gasteiger partial charge is 0.452 e. The Labute approximate surface area is 165 Å². The van der Waals surface area contributed by atoms with Crippen LogP contribution >= 0.6 is 0 Å². The number of carbonyl (C=O) groups excluding carboxylic acids is 3. The molecule has 7 nitrogen and oxygen atoms in total. The molecule has 0 saturated carbocycles. The maximum Gasteiger partial charge on any atom is 0.338 e. The van der Waals surface area contributed by atoms with Crippen LogP contribution in [0.25, 0.3) is 0 Å². The second kappa shape index (κ2) is 9.13. The summed E-state index contributed by atoms with van der Waals surface area (Å²) in [6.45, 7) is 0.741. The fraction of sp³-hybridized carbons (Fsp3) is 0.250. The molecule has 9 heteroatoms. The summed E-state index contributed by atoms with van der Waals surface area (Å²) in [5.74, 6) is -3.59. The highest BCUT2D eigenvalue weighted by Crippen LogP contribution is 2.11. The van der Waals surface area contributed by atoms with Crippen molar-refractivity contribution >= 4 is 23.6 Å². The van der Waals surface area contributed by atoms with Crippen molar-refractivity contribution in [1.82, 2.24) is 9.80 Å². The van der Waals surface area contributed by atoms with Crippen LogP contribution in [0.5, 0.6) is 0 Å². The van der Waals surface area contributed by atoms with Crippen LogP contribution in [0.4, 0.5) is 19.3 Å². The molecular formula is C20H19F2N3O4. The summed E-state index contributed by atoms with van der Waals surface area (Å²) in [4.78, 5) is 39.4. The van der Waals surface area contributed by atoms with Gasteiger partial charge in [-0.15, -0.1) is 0 Å². The highest BCUT2D eigenvalue weighted by atomic mass is 19.2. The number of hydrogen-bond acceptors (Lipinski definition) is 4. The van der Waals surface area contributed by atoms with Gasteiger partial charge in [0.2, 0.25) is 0 Å². The van der Waals surface area contributed by atoms with Gasteiger partial charge in [0.1, 0.15) is 0 Å². The van der Waals surface area contributed by atoms with Crippen molar-refractivity contribution in [2.24, 2.45) is 0 Å². The van der Waals surface area contributed by atoms with Crippen LogP contribution in [0.2, 0.25) is 0 Å². The van der Waals surface area contributed by atoms with Crippen LogP contribution in [0.3, 0.4) is 0 Å². The first kappa shape index (κ1) is 20.2. The van der Waals surface area contributed by atoms with E-state index in [1.165, 1.54) is 4.90 Å². The first-order chi connectivity index (χ1) is 13.9. The zero-order chi connectivity index (χ0) is 20.8. The molecule has 1 saturated heterocycles. The Morgan fingerprint density at radius 2 is 1.55 bits per heavy atom. The van der Waals surface area contributed by atoms with E-state index in [0.29, 0.717) is 37.9 Å². The van der Waals surface area contributed by atoms with E-state index in [1.54, 1.807) is 17.0 Å². The molecule has 1 N–H and O–H groups in total. The molecule has 2 aromatic carbocycles. The number of halogens is 2. The van der Waals surface area contributed by atoms with E-state index in [4.69, 9.17) is 4.74 Å². The third-order valence-corrected chi connectivity index (χ3v) is 4.43. The minimum atomic E-state index is -1.17. The molecule has 1 aliphatic heterocycles. The predicted molar refractivity (Wildman–Crippen MR) is 100 cm³/mol. The number of amides is 3. The molecule has 3 rings (SSSR count). The van der Waals surface area contributed by atoms with E-state index in [9.17, 15) is 23.2 Å². The summed E-state index contributed by atoms with van der Waals surface area (Å²) in [7, 11) is 0. The first-order valence-corrected chi connectivity index (χ1v) is 8.95. The number of carbonyl (C=O) groups is 3. The topological polar surface area (TPSA) is 79.0 Å². The Hall–Kier alpha value is -3.49. The third kappa shape index (κ3) is 5.28. The molecule has 152 valence electrons. The van der Waals surface area contributed by atoms with Gasteiger partial charge in [0, 0.05) is 31.9 Å². The Bertz CT molecular complexity index is 900. The molecule has 0 aliphatic carbocycles. The number of hydrogen-bond donors (Lipinski definition) is 1. The van der Waals surface area contributed by atoms with Gasteiger partial charge in [0.25, 0.3) is 5.91 Å². The molecule has 1 heterocycles. The normalized spacial score (nSPS) is 13.7. The van der Waals surface area contributed by atoms with Crippen molar-refractivity contribution in [2.45, 2.75) is 0 Å². The molecule has 0 unspecified atom stereocenters. The Morgan fingerprint density at radius 3 is 2.21 bits per heavy atom. The van der Waals surface area contributed by atoms with E-state index in [2.05, 4.69) is 5.32 Å². The Balaban J connectivity index is 1.44. The fourth-order valence-corrected chi connectivity index (χ4v) is 2.81. The molecule has 1 aliphatic rings. The molecule has 1 fully saturated rings. The lowest BCUT2D eigenvalue weighted by atomic mass is 10.2. The number of esters is 1. The maximum absolute atomic E-state index is 13.2. The highest BCUT2D eigenvalue weighted by Gasteiger charge is 2.25. The Kier molecular flexibility index (Phi) is 6.38. The second-order valence-corrected chi connectivity index (χ2v) is 6.37. The van der Waals surface area contributed by atoms with Crippen LogP contribution in [0, 0.1) is 11.6 Å². The van der Waals surface area contributed by atoms with Gasteiger partial charge in [0.15, 0.2) is 18.2 Å². The SMILES string of the molecule is O=C(OCC(=O)N1CCN(C(=O)Nc2ccccc2)CC1)c1ccc(F)c(F)c1. The average Bonchev–Trinajstić information content (AvgIpc) is 2.74. The van der Waals surface area contributed by atoms with Crippen LogP contribution < -0.4 is 5.32 Å². The van der Waals surface area contributed by atoms with Crippen LogP contribution in [0.15, 0.2) is 48.5 Å². The standard InChI is InChI=1S/C20H19F2N3O4/c21-16-7-6-14(12-17(16)22)19(27)29-13-18(26)24-8-10-25(11-9-24)20(28)23-15-4-2-1-3-5-15/h1-7,12H,8-11,13H2,(H,23,28). The Morgan fingerprint density at radius 1 is 0.897 bits per heavy atom. The van der Waals surface area contributed by atoms with Gasteiger partial charge in [0.05, 0.1) is 5.56 Å². The lowest BCUT2D eigenvalue weighted by molar-refractivity contribution is -0.135. The molecule has 0 bridgehead atoms. The number of anilines is 1. The van der Waals surface area contributed by atoms with Gasteiger partial charge >= 0.3 is 12.0 Å². The number of nitrogens with one attached hydrogen (secondary N) is 1. The average molecular weight is 403 g/mol. The van der Waals surface area contributed by atoms with Crippen molar-refractivity contribution in [3.05, 3.63) is 65.7 Å². The lowest BCUT2D eigenvalue weighted by Gasteiger charge is -2.34. The number of rotatable bonds is 4. The molecule has 0 spiro atoms. The summed E-state index contributed by atoms with van der Waals surface area (Å²) >= 11 is 0. The smallest absolute Gasteiger partial charge is 0.338 e. The summed E-state index contributed by atoms with van der Waals surface area (Å²) in [5.41, 5.74) is 0.499. The van der Waals surface area contributed by atoms with Crippen molar-refractivity contribution in [2.75, 3.05) is 38.1 Å². The monoisotopic (exact) mass is 403 g/mol. The second-order valence-electron chi connectivity index (χ2n) is 6.37. The summed E-state index contributed by atoms with van der Waals surface area (Å²) < 4.78 is 31.0. The molecular weight excluding hydrogens is 384 g/mol. The number of piperazine rings is 1. The number of para-hydroxylation sites is 1. The maximum atomic E-state index is 13.2. The zero-order valence-electron chi connectivity index (χ0n) is 15.4. The fourth-order valence-electron chi connectivity index (χ4n) is 2.81. The highest BCUT2D eigenvalue weighted by molar-refractivity contribution is 5.91. The van der Waals surface area contributed by atoms with Crippen LogP contribution in [-0.4, -0.2) is 60.5 Å². The number of benzene rings is 2. The quantitative estimate of drug-likeness (QED) is 0.796. The number of nitrogens with zero attached hydrogens (tertiary/aromatic N) is 2. The van der Waals surface area contributed by atoms with Crippen molar-refractivity contribution in [1.29, 1.82) is 0 Å². The molecule has 3 amide bonds. The zero-order valence-corrected chi connectivity index (χ0v) is 15.4. The van der Waals surface area contributed by atoms with E-state index in [1.807, 2.05) is 18.2 Å². The summed E-state index contributed by atoms with van der Waals surface area (Å²) in [6, 6.07) is 11.4.